The fourth-order valence-corrected chi connectivity index (χ4v) is 3.57. The predicted octanol–water partition coefficient (Wildman–Crippen LogP) is 5.03. The van der Waals surface area contributed by atoms with Crippen LogP contribution in [0.1, 0.15) is 31.2 Å². The van der Waals surface area contributed by atoms with Crippen molar-refractivity contribution in [2.75, 3.05) is 10.6 Å². The van der Waals surface area contributed by atoms with Crippen LogP contribution in [0.3, 0.4) is 0 Å². The van der Waals surface area contributed by atoms with Crippen molar-refractivity contribution in [3.05, 3.63) is 59.1 Å². The number of carbonyl (C=O) groups excluding carboxylic acids is 2. The third kappa shape index (κ3) is 4.64. The molecule has 0 unspecified atom stereocenters. The number of carbonyl (C=O) groups is 2. The smallest absolute Gasteiger partial charge is 0.227 e. The van der Waals surface area contributed by atoms with Crippen LogP contribution < -0.4 is 10.6 Å². The Morgan fingerprint density at radius 2 is 1.50 bits per heavy atom. The molecule has 0 atom stereocenters. The third-order valence-electron chi connectivity index (χ3n) is 4.89. The molecule has 1 saturated carbocycles. The van der Waals surface area contributed by atoms with E-state index in [9.17, 15) is 9.59 Å². The van der Waals surface area contributed by atoms with Gasteiger partial charge in [-0.2, -0.15) is 0 Å². The van der Waals surface area contributed by atoms with E-state index in [1.807, 2.05) is 43.3 Å². The molecule has 0 spiro atoms. The molecular weight excluding hydrogens is 348 g/mol. The van der Waals surface area contributed by atoms with E-state index in [4.69, 9.17) is 11.6 Å². The van der Waals surface area contributed by atoms with Crippen molar-refractivity contribution in [3.63, 3.8) is 0 Å². The van der Waals surface area contributed by atoms with Gasteiger partial charge in [-0.1, -0.05) is 35.9 Å². The van der Waals surface area contributed by atoms with Crippen LogP contribution in [0.2, 0.25) is 5.02 Å². The van der Waals surface area contributed by atoms with Crippen LogP contribution in [0.15, 0.2) is 48.5 Å². The molecule has 136 valence electrons. The molecule has 0 heterocycles. The van der Waals surface area contributed by atoms with E-state index in [1.165, 1.54) is 0 Å². The first kappa shape index (κ1) is 18.5. The van der Waals surface area contributed by atoms with Gasteiger partial charge in [0.2, 0.25) is 11.8 Å². The number of halogens is 1. The molecule has 0 bridgehead atoms. The monoisotopic (exact) mass is 370 g/mol. The molecule has 0 aromatic heterocycles. The van der Waals surface area contributed by atoms with Gasteiger partial charge >= 0.3 is 0 Å². The lowest BCUT2D eigenvalue weighted by atomic mass is 9.81. The summed E-state index contributed by atoms with van der Waals surface area (Å²) in [5.41, 5.74) is 2.58. The van der Waals surface area contributed by atoms with Crippen LogP contribution in [0.4, 0.5) is 11.4 Å². The number of hydrogen-bond donors (Lipinski definition) is 2. The number of hydrogen-bond acceptors (Lipinski definition) is 2. The van der Waals surface area contributed by atoms with Crippen LogP contribution in [-0.2, 0) is 9.59 Å². The van der Waals surface area contributed by atoms with Gasteiger partial charge in [-0.25, -0.2) is 0 Å². The zero-order valence-electron chi connectivity index (χ0n) is 14.8. The second-order valence-corrected chi connectivity index (χ2v) is 7.28. The lowest BCUT2D eigenvalue weighted by molar-refractivity contribution is -0.125. The summed E-state index contributed by atoms with van der Waals surface area (Å²) in [6.45, 7) is 2.00. The average molecular weight is 371 g/mol. The normalized spacial score (nSPS) is 19.6. The van der Waals surface area contributed by atoms with Crippen LogP contribution in [-0.4, -0.2) is 11.8 Å². The number of anilines is 2. The fraction of sp³-hybridized carbons (Fsp3) is 0.333. The standard InChI is InChI=1S/C21H23ClN2O2/c1-14-5-4-6-17(13-14)23-20(25)15-9-11-16(12-10-15)21(26)24-19-8-3-2-7-18(19)22/h2-8,13,15-16H,9-12H2,1H3,(H,23,25)(H,24,26). The molecular formula is C21H23ClN2O2. The van der Waals surface area contributed by atoms with Gasteiger partial charge in [0, 0.05) is 17.5 Å². The van der Waals surface area contributed by atoms with E-state index in [0.717, 1.165) is 24.1 Å². The van der Waals surface area contributed by atoms with Crippen molar-refractivity contribution in [2.24, 2.45) is 11.8 Å². The predicted molar refractivity (Wildman–Crippen MR) is 105 cm³/mol. The topological polar surface area (TPSA) is 58.2 Å². The lowest BCUT2D eigenvalue weighted by Crippen LogP contribution is -2.32. The Hall–Kier alpha value is -2.33. The Morgan fingerprint density at radius 1 is 0.885 bits per heavy atom. The number of amides is 2. The summed E-state index contributed by atoms with van der Waals surface area (Å²) in [6, 6.07) is 15.0. The van der Waals surface area contributed by atoms with Crippen molar-refractivity contribution in [2.45, 2.75) is 32.6 Å². The van der Waals surface area contributed by atoms with E-state index >= 15 is 0 Å². The minimum atomic E-state index is -0.0747. The van der Waals surface area contributed by atoms with Crippen molar-refractivity contribution >= 4 is 34.8 Å². The first-order chi connectivity index (χ1) is 12.5. The highest BCUT2D eigenvalue weighted by Gasteiger charge is 2.30. The highest BCUT2D eigenvalue weighted by molar-refractivity contribution is 6.33. The van der Waals surface area contributed by atoms with Crippen molar-refractivity contribution in [3.8, 4) is 0 Å². The molecule has 0 radical (unpaired) electrons. The zero-order chi connectivity index (χ0) is 18.5. The molecule has 2 amide bonds. The summed E-state index contributed by atoms with van der Waals surface area (Å²) in [4.78, 5) is 24.9. The van der Waals surface area contributed by atoms with Crippen molar-refractivity contribution in [1.82, 2.24) is 0 Å². The molecule has 2 aromatic carbocycles. The van der Waals surface area contributed by atoms with Gasteiger partial charge in [-0.15, -0.1) is 0 Å². The second-order valence-electron chi connectivity index (χ2n) is 6.88. The van der Waals surface area contributed by atoms with Crippen LogP contribution in [0.25, 0.3) is 0 Å². The minimum Gasteiger partial charge on any atom is -0.326 e. The average Bonchev–Trinajstić information content (AvgIpc) is 2.64. The van der Waals surface area contributed by atoms with Crippen molar-refractivity contribution in [1.29, 1.82) is 0 Å². The van der Waals surface area contributed by atoms with Gasteiger partial charge in [0.15, 0.2) is 0 Å². The van der Waals surface area contributed by atoms with Crippen LogP contribution in [0.5, 0.6) is 0 Å². The summed E-state index contributed by atoms with van der Waals surface area (Å²) < 4.78 is 0. The number of para-hydroxylation sites is 1. The van der Waals surface area contributed by atoms with Gasteiger partial charge in [0.1, 0.15) is 0 Å². The molecule has 2 aromatic rings. The molecule has 1 aliphatic rings. The summed E-state index contributed by atoms with van der Waals surface area (Å²) >= 11 is 6.09. The first-order valence-electron chi connectivity index (χ1n) is 8.96. The number of aryl methyl sites for hydroxylation is 1. The van der Waals surface area contributed by atoms with Gasteiger partial charge in [0.05, 0.1) is 10.7 Å². The first-order valence-corrected chi connectivity index (χ1v) is 9.33. The Bertz CT molecular complexity index is 798. The summed E-state index contributed by atoms with van der Waals surface area (Å²) in [7, 11) is 0. The summed E-state index contributed by atoms with van der Waals surface area (Å²) in [6.07, 6.45) is 2.86. The quantitative estimate of drug-likeness (QED) is 0.792. The Morgan fingerprint density at radius 3 is 2.12 bits per heavy atom. The van der Waals surface area contributed by atoms with Gasteiger partial charge in [-0.05, 0) is 62.4 Å². The van der Waals surface area contributed by atoms with Crippen molar-refractivity contribution < 1.29 is 9.59 Å². The van der Waals surface area contributed by atoms with E-state index in [2.05, 4.69) is 10.6 Å². The van der Waals surface area contributed by atoms with Gasteiger partial charge in [-0.3, -0.25) is 9.59 Å². The minimum absolute atomic E-state index is 0.0179. The van der Waals surface area contributed by atoms with E-state index in [-0.39, 0.29) is 23.7 Å². The maximum Gasteiger partial charge on any atom is 0.227 e. The van der Waals surface area contributed by atoms with Gasteiger partial charge in [0.25, 0.3) is 0 Å². The SMILES string of the molecule is Cc1cccc(NC(=O)C2CCC(C(=O)Nc3ccccc3Cl)CC2)c1. The molecule has 0 aliphatic heterocycles. The molecule has 1 aliphatic carbocycles. The van der Waals surface area contributed by atoms with E-state index < -0.39 is 0 Å². The number of nitrogens with one attached hydrogen (secondary N) is 2. The maximum atomic E-state index is 12.5. The highest BCUT2D eigenvalue weighted by atomic mass is 35.5. The zero-order valence-corrected chi connectivity index (χ0v) is 15.6. The van der Waals surface area contributed by atoms with E-state index in [0.29, 0.717) is 23.6 Å². The summed E-state index contributed by atoms with van der Waals surface area (Å²) in [5, 5.41) is 6.42. The number of benzene rings is 2. The maximum absolute atomic E-state index is 12.5. The molecule has 26 heavy (non-hydrogen) atoms. The second kappa shape index (κ2) is 8.37. The molecule has 4 nitrogen and oxygen atoms in total. The van der Waals surface area contributed by atoms with E-state index in [1.54, 1.807) is 12.1 Å². The Balaban J connectivity index is 1.51. The molecule has 5 heteroatoms. The lowest BCUT2D eigenvalue weighted by Gasteiger charge is -2.27. The fourth-order valence-electron chi connectivity index (χ4n) is 3.38. The molecule has 3 rings (SSSR count). The molecule has 1 fully saturated rings. The highest BCUT2D eigenvalue weighted by Crippen LogP contribution is 2.31. The summed E-state index contributed by atoms with van der Waals surface area (Å²) in [5.74, 6) is -0.0922. The van der Waals surface area contributed by atoms with Crippen LogP contribution in [0, 0.1) is 18.8 Å². The largest absolute Gasteiger partial charge is 0.326 e. The third-order valence-corrected chi connectivity index (χ3v) is 5.22. The molecule has 0 saturated heterocycles. The Labute approximate surface area is 158 Å². The van der Waals surface area contributed by atoms with Crippen LogP contribution >= 0.6 is 11.6 Å². The Kier molecular flexibility index (Phi) is 5.94. The molecule has 2 N–H and O–H groups in total. The number of rotatable bonds is 4. The van der Waals surface area contributed by atoms with Gasteiger partial charge < -0.3 is 10.6 Å².